The van der Waals surface area contributed by atoms with E-state index in [1.54, 1.807) is 29.3 Å². The van der Waals surface area contributed by atoms with Gasteiger partial charge in [-0.05, 0) is 60.4 Å². The van der Waals surface area contributed by atoms with Crippen molar-refractivity contribution in [3.05, 3.63) is 83.2 Å². The van der Waals surface area contributed by atoms with Crippen LogP contribution in [0.4, 0.5) is 11.4 Å². The Morgan fingerprint density at radius 2 is 2.00 bits per heavy atom. The number of benzene rings is 2. The van der Waals surface area contributed by atoms with Crippen LogP contribution in [0.5, 0.6) is 0 Å². The van der Waals surface area contributed by atoms with E-state index in [2.05, 4.69) is 42.2 Å². The van der Waals surface area contributed by atoms with Crippen LogP contribution >= 0.6 is 0 Å². The molecule has 3 aromatic rings. The third-order valence-corrected chi connectivity index (χ3v) is 6.96. The summed E-state index contributed by atoms with van der Waals surface area (Å²) in [5.41, 5.74) is 5.23. The van der Waals surface area contributed by atoms with Crippen molar-refractivity contribution in [2.45, 2.75) is 38.5 Å². The molecule has 0 N–H and O–H groups in total. The Labute approximate surface area is 205 Å². The number of hydrogen-bond acceptors (Lipinski definition) is 5. The molecule has 2 aromatic carbocycles. The van der Waals surface area contributed by atoms with Crippen LogP contribution in [0.2, 0.25) is 0 Å². The van der Waals surface area contributed by atoms with E-state index < -0.39 is 5.92 Å². The number of carbonyl (C=O) groups is 2. The summed E-state index contributed by atoms with van der Waals surface area (Å²) in [5, 5.41) is 17.3. The van der Waals surface area contributed by atoms with Gasteiger partial charge in [0.2, 0.25) is 11.8 Å². The maximum Gasteiger partial charge on any atom is 0.232 e. The van der Waals surface area contributed by atoms with Crippen LogP contribution in [-0.4, -0.2) is 35.1 Å². The number of aryl methyl sites for hydroxylation is 2. The van der Waals surface area contributed by atoms with Crippen LogP contribution in [0.25, 0.3) is 0 Å². The topological polar surface area (TPSA) is 90.2 Å². The van der Waals surface area contributed by atoms with Gasteiger partial charge < -0.3 is 9.80 Å². The quantitative estimate of drug-likeness (QED) is 0.572. The van der Waals surface area contributed by atoms with Crippen molar-refractivity contribution >= 4 is 23.2 Å². The lowest BCUT2D eigenvalue weighted by molar-refractivity contribution is -0.124. The number of fused-ring (bicyclic) bond motifs is 1. The Bertz CT molecular complexity index is 1330. The monoisotopic (exact) mass is 465 g/mol. The Hall–Kier alpha value is -4.05. The van der Waals surface area contributed by atoms with Crippen molar-refractivity contribution in [3.8, 4) is 6.07 Å². The van der Waals surface area contributed by atoms with E-state index >= 15 is 0 Å². The average molecular weight is 466 g/mol. The van der Waals surface area contributed by atoms with Crippen LogP contribution in [0.1, 0.15) is 42.7 Å². The van der Waals surface area contributed by atoms with Gasteiger partial charge >= 0.3 is 0 Å². The number of anilines is 2. The summed E-state index contributed by atoms with van der Waals surface area (Å²) in [6, 6.07) is 19.3. The molecule has 2 amide bonds. The highest BCUT2D eigenvalue weighted by atomic mass is 16.2. The fraction of sp³-hybridized carbons (Fsp3) is 0.321. The predicted octanol–water partition coefficient (Wildman–Crippen LogP) is 3.81. The van der Waals surface area contributed by atoms with Crippen molar-refractivity contribution < 1.29 is 9.59 Å². The molecule has 35 heavy (non-hydrogen) atoms. The zero-order valence-corrected chi connectivity index (χ0v) is 19.9. The predicted molar refractivity (Wildman–Crippen MR) is 133 cm³/mol. The maximum absolute atomic E-state index is 13.6. The maximum atomic E-state index is 13.6. The Morgan fingerprint density at radius 1 is 1.14 bits per heavy atom. The van der Waals surface area contributed by atoms with Gasteiger partial charge in [-0.15, -0.1) is 0 Å². The van der Waals surface area contributed by atoms with Crippen molar-refractivity contribution in [1.29, 1.82) is 5.26 Å². The first kappa shape index (κ1) is 22.7. The normalized spacial score (nSPS) is 18.4. The van der Waals surface area contributed by atoms with E-state index in [9.17, 15) is 14.9 Å². The van der Waals surface area contributed by atoms with Crippen LogP contribution in [0, 0.1) is 17.2 Å². The molecule has 0 bridgehead atoms. The molecule has 176 valence electrons. The minimum atomic E-state index is -0.411. The van der Waals surface area contributed by atoms with E-state index in [-0.39, 0.29) is 23.7 Å². The van der Waals surface area contributed by atoms with E-state index in [0.29, 0.717) is 24.3 Å². The number of aromatic nitrogens is 2. The largest absolute Gasteiger partial charge is 0.312 e. The van der Waals surface area contributed by atoms with E-state index in [1.165, 1.54) is 5.56 Å². The first-order chi connectivity index (χ1) is 16.9. The van der Waals surface area contributed by atoms with Gasteiger partial charge in [0.25, 0.3) is 0 Å². The van der Waals surface area contributed by atoms with Crippen molar-refractivity contribution in [2.24, 2.45) is 5.92 Å². The second-order valence-electron chi connectivity index (χ2n) is 9.94. The van der Waals surface area contributed by atoms with Crippen molar-refractivity contribution in [2.75, 3.05) is 22.9 Å². The summed E-state index contributed by atoms with van der Waals surface area (Å²) < 4.78 is 0. The molecule has 7 nitrogen and oxygen atoms in total. The highest BCUT2D eigenvalue weighted by Gasteiger charge is 2.43. The molecule has 1 atom stereocenters. The lowest BCUT2D eigenvalue weighted by atomic mass is 9.85. The Kier molecular flexibility index (Phi) is 5.81. The fourth-order valence-electron chi connectivity index (χ4n) is 5.10. The van der Waals surface area contributed by atoms with Gasteiger partial charge in [0.1, 0.15) is 0 Å². The van der Waals surface area contributed by atoms with Gasteiger partial charge in [0.05, 0.1) is 23.2 Å². The summed E-state index contributed by atoms with van der Waals surface area (Å²) in [4.78, 5) is 29.9. The molecule has 0 spiro atoms. The molecule has 1 saturated heterocycles. The first-order valence-electron chi connectivity index (χ1n) is 11.9. The van der Waals surface area contributed by atoms with Gasteiger partial charge in [0.15, 0.2) is 0 Å². The number of amides is 2. The molecule has 3 heterocycles. The van der Waals surface area contributed by atoms with E-state index in [1.807, 2.05) is 29.2 Å². The van der Waals surface area contributed by atoms with Crippen LogP contribution in [0.15, 0.2) is 60.8 Å². The molecule has 7 heteroatoms. The van der Waals surface area contributed by atoms with Crippen LogP contribution in [-0.2, 0) is 27.8 Å². The molecular formula is C28H27N5O2. The zero-order valence-electron chi connectivity index (χ0n) is 19.9. The number of hydrogen-bond donors (Lipinski definition) is 0. The second-order valence-corrected chi connectivity index (χ2v) is 9.94. The average Bonchev–Trinajstić information content (AvgIpc) is 3.39. The standard InChI is InChI=1S/C28H27N5O2/c1-28(2)18-33(25-11-9-19(14-24(25)28)8-10-22-6-4-12-30-31-22)27(35)21-15-26(34)32(17-21)23-7-3-5-20(13-23)16-29/h3-7,9,11-14,21H,8,10,15,17-18H2,1-2H3/t21-/m0/s1. The van der Waals surface area contributed by atoms with Gasteiger partial charge in [-0.2, -0.15) is 15.5 Å². The molecule has 2 aliphatic heterocycles. The summed E-state index contributed by atoms with van der Waals surface area (Å²) in [6.07, 6.45) is 3.51. The van der Waals surface area contributed by atoms with Crippen molar-refractivity contribution in [1.82, 2.24) is 10.2 Å². The van der Waals surface area contributed by atoms with E-state index in [4.69, 9.17) is 0 Å². The minimum absolute atomic E-state index is 0.0172. The highest BCUT2D eigenvalue weighted by Crippen LogP contribution is 2.42. The molecule has 2 aliphatic rings. The van der Waals surface area contributed by atoms with Crippen molar-refractivity contribution in [3.63, 3.8) is 0 Å². The smallest absolute Gasteiger partial charge is 0.232 e. The second kappa shape index (κ2) is 8.95. The number of nitrogens with zero attached hydrogens (tertiary/aromatic N) is 5. The first-order valence-corrected chi connectivity index (χ1v) is 11.9. The fourth-order valence-corrected chi connectivity index (χ4v) is 5.10. The van der Waals surface area contributed by atoms with E-state index in [0.717, 1.165) is 29.8 Å². The Balaban J connectivity index is 1.33. The molecular weight excluding hydrogens is 438 g/mol. The third-order valence-electron chi connectivity index (χ3n) is 6.96. The third kappa shape index (κ3) is 4.40. The molecule has 0 aliphatic carbocycles. The van der Waals surface area contributed by atoms with Gasteiger partial charge in [-0.3, -0.25) is 9.59 Å². The van der Waals surface area contributed by atoms with Gasteiger partial charge in [-0.1, -0.05) is 32.0 Å². The zero-order chi connectivity index (χ0) is 24.6. The minimum Gasteiger partial charge on any atom is -0.312 e. The molecule has 0 radical (unpaired) electrons. The molecule has 5 rings (SSSR count). The summed E-state index contributed by atoms with van der Waals surface area (Å²) in [5.74, 6) is -0.515. The van der Waals surface area contributed by atoms with Crippen LogP contribution < -0.4 is 9.80 Å². The number of nitriles is 1. The number of carbonyl (C=O) groups excluding carboxylic acids is 2. The van der Waals surface area contributed by atoms with Gasteiger partial charge in [0, 0.05) is 42.5 Å². The number of rotatable bonds is 5. The summed E-state index contributed by atoms with van der Waals surface area (Å²) in [7, 11) is 0. The molecule has 1 aromatic heterocycles. The summed E-state index contributed by atoms with van der Waals surface area (Å²) >= 11 is 0. The van der Waals surface area contributed by atoms with Gasteiger partial charge in [-0.25, -0.2) is 0 Å². The molecule has 0 saturated carbocycles. The SMILES string of the molecule is CC1(C)CN(C(=O)[C@H]2CC(=O)N(c3cccc(C#N)c3)C2)c2ccc(CCc3cccnn3)cc21. The highest BCUT2D eigenvalue weighted by molar-refractivity contribution is 6.05. The lowest BCUT2D eigenvalue weighted by Gasteiger charge is -2.23. The molecule has 0 unspecified atom stereocenters. The lowest BCUT2D eigenvalue weighted by Crippen LogP contribution is -2.39. The van der Waals surface area contributed by atoms with Crippen LogP contribution in [0.3, 0.4) is 0 Å². The molecule has 1 fully saturated rings. The Morgan fingerprint density at radius 3 is 2.77 bits per heavy atom. The summed E-state index contributed by atoms with van der Waals surface area (Å²) in [6.45, 7) is 5.23.